The fourth-order valence-corrected chi connectivity index (χ4v) is 5.03. The third kappa shape index (κ3) is 5.77. The number of aromatic nitrogens is 3. The van der Waals surface area contributed by atoms with Gasteiger partial charge in [0.2, 0.25) is 0 Å². The minimum Gasteiger partial charge on any atom is -0.457 e. The van der Waals surface area contributed by atoms with Crippen molar-refractivity contribution in [2.24, 2.45) is 5.92 Å². The van der Waals surface area contributed by atoms with Gasteiger partial charge < -0.3 is 20.3 Å². The number of carbonyl (C=O) groups is 1. The van der Waals surface area contributed by atoms with E-state index in [1.165, 1.54) is 30.7 Å². The SMILES string of the molecule is C[C@H]1C[C@@H](c2ccncc2NC(=O)c2ccc(F)c(-c3c(F)cc(Oc4ccncc4)cc3F)n2)C[C@@H](O)[C@]1(C)O. The van der Waals surface area contributed by atoms with E-state index in [4.69, 9.17) is 4.74 Å². The fraction of sp³-hybridized carbons (Fsp3) is 0.267. The monoisotopic (exact) mass is 564 g/mol. The highest BCUT2D eigenvalue weighted by Crippen LogP contribution is 2.43. The van der Waals surface area contributed by atoms with Crippen molar-refractivity contribution >= 4 is 11.6 Å². The highest BCUT2D eigenvalue weighted by atomic mass is 19.1. The van der Waals surface area contributed by atoms with Gasteiger partial charge >= 0.3 is 0 Å². The van der Waals surface area contributed by atoms with E-state index in [9.17, 15) is 19.4 Å². The van der Waals surface area contributed by atoms with Gasteiger partial charge in [-0.2, -0.15) is 0 Å². The van der Waals surface area contributed by atoms with Crippen LogP contribution in [-0.2, 0) is 0 Å². The molecule has 3 aromatic heterocycles. The van der Waals surface area contributed by atoms with E-state index in [0.29, 0.717) is 23.4 Å². The summed E-state index contributed by atoms with van der Waals surface area (Å²) in [5.74, 6) is -4.31. The standard InChI is InChI=1S/C30H27F3N4O4/c1-16-11-17(12-26(38)30(16,2)40)20-7-10-35-15-25(20)37-29(39)24-4-3-21(31)28(36-24)27-22(32)13-19(14-23(27)33)41-18-5-8-34-9-6-18/h3-10,13-17,26,38,40H,11-12H2,1-2H3,(H,37,39)/t16-,17+,26+,30+/m0/s1. The average Bonchev–Trinajstić information content (AvgIpc) is 2.93. The zero-order chi connectivity index (χ0) is 29.3. The molecular weight excluding hydrogens is 537 g/mol. The molecule has 1 aliphatic rings. The van der Waals surface area contributed by atoms with Crippen LogP contribution in [0.2, 0.25) is 0 Å². The molecule has 0 spiro atoms. The van der Waals surface area contributed by atoms with E-state index < -0.39 is 46.3 Å². The Labute approximate surface area is 233 Å². The lowest BCUT2D eigenvalue weighted by atomic mass is 9.69. The second-order valence-electron chi connectivity index (χ2n) is 10.3. The molecule has 4 aromatic rings. The molecule has 1 fully saturated rings. The minimum absolute atomic E-state index is 0.156. The van der Waals surface area contributed by atoms with Gasteiger partial charge in [0.1, 0.15) is 40.3 Å². The zero-order valence-electron chi connectivity index (χ0n) is 22.2. The summed E-state index contributed by atoms with van der Waals surface area (Å²) in [6, 6.07) is 8.51. The number of hydrogen-bond acceptors (Lipinski definition) is 7. The van der Waals surface area contributed by atoms with Gasteiger partial charge in [0, 0.05) is 30.7 Å². The van der Waals surface area contributed by atoms with Crippen LogP contribution in [0.3, 0.4) is 0 Å². The van der Waals surface area contributed by atoms with Gasteiger partial charge in [0.05, 0.1) is 29.2 Å². The summed E-state index contributed by atoms with van der Waals surface area (Å²) in [4.78, 5) is 25.0. The van der Waals surface area contributed by atoms with E-state index in [1.54, 1.807) is 19.2 Å². The lowest BCUT2D eigenvalue weighted by Gasteiger charge is -2.43. The van der Waals surface area contributed by atoms with Crippen LogP contribution in [0, 0.1) is 23.4 Å². The van der Waals surface area contributed by atoms with Crippen molar-refractivity contribution < 1.29 is 32.9 Å². The number of carbonyl (C=O) groups excluding carboxylic acids is 1. The van der Waals surface area contributed by atoms with Crippen molar-refractivity contribution in [2.75, 3.05) is 5.32 Å². The van der Waals surface area contributed by atoms with E-state index in [0.717, 1.165) is 24.3 Å². The van der Waals surface area contributed by atoms with Crippen molar-refractivity contribution in [2.45, 2.75) is 44.3 Å². The second kappa shape index (κ2) is 11.3. The molecule has 0 unspecified atom stereocenters. The molecular formula is C30H27F3N4O4. The van der Waals surface area contributed by atoms with E-state index in [2.05, 4.69) is 20.3 Å². The van der Waals surface area contributed by atoms with Crippen LogP contribution in [0.15, 0.2) is 67.3 Å². The quantitative estimate of drug-likeness (QED) is 0.278. The van der Waals surface area contributed by atoms with Gasteiger partial charge in [0.15, 0.2) is 0 Å². The van der Waals surface area contributed by atoms with Crippen molar-refractivity contribution in [3.63, 3.8) is 0 Å². The van der Waals surface area contributed by atoms with E-state index in [1.807, 2.05) is 6.92 Å². The first kappa shape index (κ1) is 28.2. The number of amides is 1. The normalized spacial score (nSPS) is 22.3. The summed E-state index contributed by atoms with van der Waals surface area (Å²) in [6.45, 7) is 3.44. The molecule has 1 saturated carbocycles. The van der Waals surface area contributed by atoms with Crippen LogP contribution in [0.25, 0.3) is 11.3 Å². The number of hydrogen-bond donors (Lipinski definition) is 3. The molecule has 212 valence electrons. The third-order valence-corrected chi connectivity index (χ3v) is 7.58. The molecule has 1 aliphatic carbocycles. The number of rotatable bonds is 6. The summed E-state index contributed by atoms with van der Waals surface area (Å²) < 4.78 is 50.3. The summed E-state index contributed by atoms with van der Waals surface area (Å²) in [5, 5.41) is 23.8. The van der Waals surface area contributed by atoms with Gasteiger partial charge in [-0.15, -0.1) is 0 Å². The number of aliphatic hydroxyl groups excluding tert-OH is 1. The molecule has 1 aromatic carbocycles. The number of aliphatic hydroxyl groups is 2. The van der Waals surface area contributed by atoms with Crippen LogP contribution in [0.1, 0.15) is 48.7 Å². The number of anilines is 1. The maximum Gasteiger partial charge on any atom is 0.274 e. The lowest BCUT2D eigenvalue weighted by molar-refractivity contribution is -0.123. The summed E-state index contributed by atoms with van der Waals surface area (Å²) in [6.07, 6.45) is 5.73. The van der Waals surface area contributed by atoms with Crippen LogP contribution in [0.5, 0.6) is 11.5 Å². The number of pyridine rings is 3. The Bertz CT molecular complexity index is 1550. The highest BCUT2D eigenvalue weighted by Gasteiger charge is 2.43. The van der Waals surface area contributed by atoms with Gasteiger partial charge in [0.25, 0.3) is 5.91 Å². The van der Waals surface area contributed by atoms with Gasteiger partial charge in [-0.25, -0.2) is 18.2 Å². The first-order valence-corrected chi connectivity index (χ1v) is 12.9. The number of benzene rings is 1. The minimum atomic E-state index is -1.24. The molecule has 0 aliphatic heterocycles. The zero-order valence-corrected chi connectivity index (χ0v) is 22.2. The van der Waals surface area contributed by atoms with Gasteiger partial charge in [-0.3, -0.25) is 14.8 Å². The Kier molecular flexibility index (Phi) is 7.74. The topological polar surface area (TPSA) is 117 Å². The first-order chi connectivity index (χ1) is 19.5. The van der Waals surface area contributed by atoms with Crippen LogP contribution in [0.4, 0.5) is 18.9 Å². The Hall–Kier alpha value is -4.35. The van der Waals surface area contributed by atoms with E-state index in [-0.39, 0.29) is 29.7 Å². The number of nitrogens with zero attached hydrogens (tertiary/aromatic N) is 3. The van der Waals surface area contributed by atoms with Crippen molar-refractivity contribution in [3.05, 3.63) is 96.0 Å². The largest absolute Gasteiger partial charge is 0.457 e. The van der Waals surface area contributed by atoms with Crippen molar-refractivity contribution in [3.8, 4) is 22.8 Å². The van der Waals surface area contributed by atoms with Crippen LogP contribution >= 0.6 is 0 Å². The van der Waals surface area contributed by atoms with Gasteiger partial charge in [-0.05, 0) is 67.5 Å². The predicted octanol–water partition coefficient (Wildman–Crippen LogP) is 5.63. The fourth-order valence-electron chi connectivity index (χ4n) is 5.03. The maximum absolute atomic E-state index is 15.0. The molecule has 3 N–H and O–H groups in total. The Morgan fingerprint density at radius 1 is 0.976 bits per heavy atom. The molecule has 41 heavy (non-hydrogen) atoms. The summed E-state index contributed by atoms with van der Waals surface area (Å²) in [7, 11) is 0. The lowest BCUT2D eigenvalue weighted by Crippen LogP contribution is -2.49. The van der Waals surface area contributed by atoms with Gasteiger partial charge in [-0.1, -0.05) is 6.92 Å². The molecule has 4 atom stereocenters. The molecule has 11 heteroatoms. The molecule has 3 heterocycles. The smallest absolute Gasteiger partial charge is 0.274 e. The number of ether oxygens (including phenoxy) is 1. The number of nitrogens with one attached hydrogen (secondary N) is 1. The Morgan fingerprint density at radius 3 is 2.34 bits per heavy atom. The molecule has 1 amide bonds. The second-order valence-corrected chi connectivity index (χ2v) is 10.3. The molecule has 0 radical (unpaired) electrons. The predicted molar refractivity (Wildman–Crippen MR) is 144 cm³/mol. The highest BCUT2D eigenvalue weighted by molar-refractivity contribution is 6.03. The first-order valence-electron chi connectivity index (χ1n) is 12.9. The summed E-state index contributed by atoms with van der Waals surface area (Å²) in [5.41, 5.74) is -1.92. The van der Waals surface area contributed by atoms with Crippen molar-refractivity contribution in [1.29, 1.82) is 0 Å². The van der Waals surface area contributed by atoms with E-state index >= 15 is 8.78 Å². The number of halogens is 3. The van der Waals surface area contributed by atoms with Crippen molar-refractivity contribution in [1.82, 2.24) is 15.0 Å². The molecule has 5 rings (SSSR count). The Morgan fingerprint density at radius 2 is 1.66 bits per heavy atom. The third-order valence-electron chi connectivity index (χ3n) is 7.58. The maximum atomic E-state index is 15.0. The molecule has 0 saturated heterocycles. The summed E-state index contributed by atoms with van der Waals surface area (Å²) >= 11 is 0. The molecule has 8 nitrogen and oxygen atoms in total. The van der Waals surface area contributed by atoms with Crippen LogP contribution < -0.4 is 10.1 Å². The van der Waals surface area contributed by atoms with Crippen LogP contribution in [-0.4, -0.2) is 42.8 Å². The molecule has 0 bridgehead atoms. The average molecular weight is 565 g/mol. The Balaban J connectivity index is 1.41.